The number of anilines is 2. The summed E-state index contributed by atoms with van der Waals surface area (Å²) in [4.78, 5) is 24.6. The number of urea groups is 1. The molecule has 2 aromatic heterocycles. The summed E-state index contributed by atoms with van der Waals surface area (Å²) >= 11 is 1.44. The highest BCUT2D eigenvalue weighted by atomic mass is 32.1. The van der Waals surface area contributed by atoms with E-state index in [1.165, 1.54) is 11.3 Å². The number of hydrogen-bond donors (Lipinski definition) is 3. The monoisotopic (exact) mass is 431 g/mol. The first-order chi connectivity index (χ1) is 14.3. The van der Waals surface area contributed by atoms with Gasteiger partial charge in [0.05, 0.1) is 35.9 Å². The minimum absolute atomic E-state index is 0.00806. The molecular formula is C20H25N5O4S. The smallest absolute Gasteiger partial charge is 0.321 e. The number of fused-ring (bicyclic) bond motifs is 2. The highest BCUT2D eigenvalue weighted by Crippen LogP contribution is 2.39. The van der Waals surface area contributed by atoms with Crippen molar-refractivity contribution in [1.29, 1.82) is 0 Å². The third kappa shape index (κ3) is 3.92. The summed E-state index contributed by atoms with van der Waals surface area (Å²) in [5, 5.41) is 15.3. The quantitative estimate of drug-likeness (QED) is 0.568. The van der Waals surface area contributed by atoms with Crippen molar-refractivity contribution in [3.8, 4) is 5.75 Å². The van der Waals surface area contributed by atoms with Gasteiger partial charge in [0, 0.05) is 19.0 Å². The van der Waals surface area contributed by atoms with Crippen LogP contribution in [-0.2, 0) is 6.42 Å². The van der Waals surface area contributed by atoms with Crippen LogP contribution in [0.15, 0.2) is 22.6 Å². The molecule has 30 heavy (non-hydrogen) atoms. The Bertz CT molecular complexity index is 1080. The highest BCUT2D eigenvalue weighted by molar-refractivity contribution is 7.16. The number of nitrogens with one attached hydrogen (secondary N) is 2. The van der Waals surface area contributed by atoms with E-state index in [0.29, 0.717) is 23.3 Å². The molecule has 3 aromatic rings. The van der Waals surface area contributed by atoms with Crippen LogP contribution < -0.4 is 20.3 Å². The van der Waals surface area contributed by atoms with Crippen LogP contribution in [0, 0.1) is 0 Å². The minimum atomic E-state index is -0.708. The maximum atomic E-state index is 12.2. The molecule has 10 heteroatoms. The summed E-state index contributed by atoms with van der Waals surface area (Å²) in [7, 11) is 1.62. The fourth-order valence-electron chi connectivity index (χ4n) is 3.37. The standard InChI is InChI=1S/C20H25N5O4S/c1-11-16-13(21-18(30-16)23-17(27)24-20(2,3)10-26)7-8-25(11)19-22-14-9-12(28-4)5-6-15(14)29-19/h5-6,9,11,26H,7-8,10H2,1-4H3,(H2,21,23,24,27)/t11-/m0/s1. The average Bonchev–Trinajstić information content (AvgIpc) is 3.31. The molecule has 1 aliphatic rings. The molecule has 0 spiro atoms. The van der Waals surface area contributed by atoms with Gasteiger partial charge in [0.15, 0.2) is 10.7 Å². The van der Waals surface area contributed by atoms with E-state index in [1.807, 2.05) is 18.2 Å². The van der Waals surface area contributed by atoms with Crippen molar-refractivity contribution in [2.75, 3.05) is 30.5 Å². The van der Waals surface area contributed by atoms with Crippen LogP contribution in [0.1, 0.15) is 37.4 Å². The number of oxazole rings is 1. The zero-order valence-electron chi connectivity index (χ0n) is 17.4. The number of nitrogens with zero attached hydrogens (tertiary/aromatic N) is 3. The molecule has 0 saturated carbocycles. The summed E-state index contributed by atoms with van der Waals surface area (Å²) in [6, 6.07) is 5.72. The van der Waals surface area contributed by atoms with Gasteiger partial charge in [-0.25, -0.2) is 9.78 Å². The Kier molecular flexibility index (Phi) is 5.29. The predicted octanol–water partition coefficient (Wildman–Crippen LogP) is 3.31. The van der Waals surface area contributed by atoms with Crippen molar-refractivity contribution in [1.82, 2.24) is 15.3 Å². The van der Waals surface area contributed by atoms with Crippen molar-refractivity contribution in [2.24, 2.45) is 0 Å². The molecule has 1 aromatic carbocycles. The summed E-state index contributed by atoms with van der Waals surface area (Å²) in [6.45, 7) is 6.12. The van der Waals surface area contributed by atoms with E-state index in [0.717, 1.165) is 28.3 Å². The largest absolute Gasteiger partial charge is 0.497 e. The molecule has 3 N–H and O–H groups in total. The van der Waals surface area contributed by atoms with Crippen molar-refractivity contribution in [2.45, 2.75) is 38.8 Å². The second-order valence-corrected chi connectivity index (χ2v) is 8.93. The lowest BCUT2D eigenvalue weighted by Gasteiger charge is -2.31. The molecule has 1 atom stereocenters. The Hall–Kier alpha value is -2.85. The summed E-state index contributed by atoms with van der Waals surface area (Å²) in [6.07, 6.45) is 0.726. The van der Waals surface area contributed by atoms with E-state index in [2.05, 4.69) is 32.4 Å². The second-order valence-electron chi connectivity index (χ2n) is 7.90. The third-order valence-electron chi connectivity index (χ3n) is 5.06. The van der Waals surface area contributed by atoms with Gasteiger partial charge in [0.2, 0.25) is 0 Å². The summed E-state index contributed by atoms with van der Waals surface area (Å²) in [5.41, 5.74) is 1.72. The van der Waals surface area contributed by atoms with Gasteiger partial charge in [-0.15, -0.1) is 0 Å². The van der Waals surface area contributed by atoms with Crippen molar-refractivity contribution in [3.63, 3.8) is 0 Å². The normalized spacial score (nSPS) is 16.4. The van der Waals surface area contributed by atoms with Crippen LogP contribution in [0.3, 0.4) is 0 Å². The first kappa shape index (κ1) is 20.4. The van der Waals surface area contributed by atoms with Crippen molar-refractivity contribution < 1.29 is 19.1 Å². The number of thiazole rings is 1. The number of benzene rings is 1. The molecule has 0 saturated heterocycles. The fraction of sp³-hybridized carbons (Fsp3) is 0.450. The average molecular weight is 432 g/mol. The number of carbonyl (C=O) groups excluding carboxylic acids is 1. The van der Waals surface area contributed by atoms with Crippen LogP contribution >= 0.6 is 11.3 Å². The van der Waals surface area contributed by atoms with Gasteiger partial charge in [-0.05, 0) is 32.9 Å². The van der Waals surface area contributed by atoms with Crippen LogP contribution in [0.2, 0.25) is 0 Å². The number of aliphatic hydroxyl groups excluding tert-OH is 1. The topological polar surface area (TPSA) is 113 Å². The molecule has 2 amide bonds. The Morgan fingerprint density at radius 3 is 2.97 bits per heavy atom. The van der Waals surface area contributed by atoms with E-state index in [9.17, 15) is 9.90 Å². The molecule has 0 bridgehead atoms. The van der Waals surface area contributed by atoms with Crippen LogP contribution in [0.4, 0.5) is 15.9 Å². The van der Waals surface area contributed by atoms with Gasteiger partial charge in [0.25, 0.3) is 6.01 Å². The van der Waals surface area contributed by atoms with Crippen LogP contribution in [0.5, 0.6) is 5.75 Å². The molecule has 1 aliphatic heterocycles. The zero-order chi connectivity index (χ0) is 21.5. The fourth-order valence-corrected chi connectivity index (χ4v) is 4.44. The predicted molar refractivity (Wildman–Crippen MR) is 115 cm³/mol. The molecule has 0 fully saturated rings. The molecule has 160 valence electrons. The highest BCUT2D eigenvalue weighted by Gasteiger charge is 2.31. The molecule has 3 heterocycles. The molecule has 4 rings (SSSR count). The van der Waals surface area contributed by atoms with Gasteiger partial charge in [-0.3, -0.25) is 5.32 Å². The molecule has 0 radical (unpaired) electrons. The van der Waals surface area contributed by atoms with Gasteiger partial charge in [0.1, 0.15) is 11.3 Å². The SMILES string of the molecule is COc1ccc2oc(N3CCc4nc(NC(=O)NC(C)(C)CO)sc4[C@@H]3C)nc2c1. The molecular weight excluding hydrogens is 406 g/mol. The lowest BCUT2D eigenvalue weighted by Crippen LogP contribution is -2.48. The van der Waals surface area contributed by atoms with E-state index >= 15 is 0 Å². The Labute approximate surface area is 178 Å². The lowest BCUT2D eigenvalue weighted by atomic mass is 10.1. The number of ether oxygens (including phenoxy) is 1. The van der Waals surface area contributed by atoms with Gasteiger partial charge >= 0.3 is 6.03 Å². The molecule has 0 aliphatic carbocycles. The van der Waals surface area contributed by atoms with Gasteiger partial charge in [-0.1, -0.05) is 11.3 Å². The van der Waals surface area contributed by atoms with Crippen LogP contribution in [-0.4, -0.2) is 46.9 Å². The maximum absolute atomic E-state index is 12.2. The molecule has 9 nitrogen and oxygen atoms in total. The van der Waals surface area contributed by atoms with Gasteiger partial charge < -0.3 is 24.5 Å². The Morgan fingerprint density at radius 1 is 1.43 bits per heavy atom. The number of carbonyl (C=O) groups is 1. The molecule has 0 unspecified atom stereocenters. The van der Waals surface area contributed by atoms with E-state index in [-0.39, 0.29) is 12.6 Å². The number of aliphatic hydroxyl groups is 1. The first-order valence-corrected chi connectivity index (χ1v) is 10.5. The minimum Gasteiger partial charge on any atom is -0.497 e. The summed E-state index contributed by atoms with van der Waals surface area (Å²) in [5.74, 6) is 0.733. The third-order valence-corrected chi connectivity index (χ3v) is 6.24. The number of rotatable bonds is 5. The second kappa shape index (κ2) is 7.77. The van der Waals surface area contributed by atoms with Crippen molar-refractivity contribution in [3.05, 3.63) is 28.8 Å². The number of aromatic nitrogens is 2. The van der Waals surface area contributed by atoms with E-state index < -0.39 is 11.6 Å². The summed E-state index contributed by atoms with van der Waals surface area (Å²) < 4.78 is 11.2. The van der Waals surface area contributed by atoms with Crippen molar-refractivity contribution >= 4 is 39.6 Å². The van der Waals surface area contributed by atoms with Crippen LogP contribution in [0.25, 0.3) is 11.1 Å². The number of methoxy groups -OCH3 is 1. The number of hydrogen-bond acceptors (Lipinski definition) is 8. The van der Waals surface area contributed by atoms with Gasteiger partial charge in [-0.2, -0.15) is 4.98 Å². The lowest BCUT2D eigenvalue weighted by molar-refractivity contribution is 0.187. The zero-order valence-corrected chi connectivity index (χ0v) is 18.2. The number of amides is 2. The van der Waals surface area contributed by atoms with E-state index in [4.69, 9.17) is 9.15 Å². The van der Waals surface area contributed by atoms with E-state index in [1.54, 1.807) is 21.0 Å². The Balaban J connectivity index is 1.52. The maximum Gasteiger partial charge on any atom is 0.321 e. The first-order valence-electron chi connectivity index (χ1n) is 9.70. The Morgan fingerprint density at radius 2 is 2.23 bits per heavy atom.